The fourth-order valence-corrected chi connectivity index (χ4v) is 2.47. The fourth-order valence-electron chi connectivity index (χ4n) is 1.90. The largest absolute Gasteiger partial charge is 0.271 e. The van der Waals surface area contributed by atoms with E-state index in [1.807, 2.05) is 24.3 Å². The van der Waals surface area contributed by atoms with E-state index in [-0.39, 0.29) is 11.1 Å². The van der Waals surface area contributed by atoms with Crippen LogP contribution in [0, 0.1) is 5.82 Å². The molecule has 2 aromatic carbocycles. The Morgan fingerprint density at radius 3 is 2.68 bits per heavy atom. The lowest BCUT2D eigenvalue weighted by atomic mass is 9.99. The van der Waals surface area contributed by atoms with Crippen molar-refractivity contribution in [1.82, 2.24) is 5.43 Å². The molecule has 3 N–H and O–H groups in total. The molecule has 2 rings (SSSR count). The molecule has 5 heteroatoms. The molecule has 2 aromatic rings. The van der Waals surface area contributed by atoms with Crippen molar-refractivity contribution < 1.29 is 4.39 Å². The van der Waals surface area contributed by atoms with E-state index in [1.165, 1.54) is 12.1 Å². The van der Waals surface area contributed by atoms with Crippen molar-refractivity contribution in [2.75, 3.05) is 0 Å². The van der Waals surface area contributed by atoms with Crippen LogP contribution in [0.4, 0.5) is 4.39 Å². The third-order valence-corrected chi connectivity index (χ3v) is 3.68. The van der Waals surface area contributed by atoms with Crippen LogP contribution < -0.4 is 11.3 Å². The molecule has 2 nitrogen and oxygen atoms in total. The van der Waals surface area contributed by atoms with Gasteiger partial charge in [-0.2, -0.15) is 0 Å². The zero-order valence-corrected chi connectivity index (χ0v) is 12.4. The molecule has 0 radical (unpaired) electrons. The van der Waals surface area contributed by atoms with E-state index >= 15 is 0 Å². The average molecular weight is 344 g/mol. The number of nitrogens with two attached hydrogens (primary N) is 1. The van der Waals surface area contributed by atoms with Crippen molar-refractivity contribution in [3.05, 3.63) is 68.9 Å². The van der Waals surface area contributed by atoms with Crippen LogP contribution in [0.5, 0.6) is 0 Å². The van der Waals surface area contributed by atoms with Gasteiger partial charge in [-0.25, -0.2) is 4.39 Å². The van der Waals surface area contributed by atoms with Crippen LogP contribution >= 0.6 is 27.5 Å². The lowest BCUT2D eigenvalue weighted by Crippen LogP contribution is -2.29. The van der Waals surface area contributed by atoms with Crippen LogP contribution in [0.1, 0.15) is 17.2 Å². The topological polar surface area (TPSA) is 38.0 Å². The summed E-state index contributed by atoms with van der Waals surface area (Å²) in [7, 11) is 0. The van der Waals surface area contributed by atoms with Gasteiger partial charge in [0.2, 0.25) is 0 Å². The normalized spacial score (nSPS) is 12.4. The van der Waals surface area contributed by atoms with Crippen molar-refractivity contribution in [2.24, 2.45) is 5.84 Å². The Kier molecular flexibility index (Phi) is 4.93. The van der Waals surface area contributed by atoms with E-state index in [4.69, 9.17) is 17.4 Å². The number of benzene rings is 2. The maximum Gasteiger partial charge on any atom is 0.142 e. The molecular weight excluding hydrogens is 331 g/mol. The van der Waals surface area contributed by atoms with Gasteiger partial charge >= 0.3 is 0 Å². The Balaban J connectivity index is 2.22. The highest BCUT2D eigenvalue weighted by Gasteiger charge is 2.12. The smallest absolute Gasteiger partial charge is 0.142 e. The zero-order chi connectivity index (χ0) is 13.8. The van der Waals surface area contributed by atoms with Gasteiger partial charge in [0, 0.05) is 4.47 Å². The maximum absolute atomic E-state index is 13.5. The molecule has 100 valence electrons. The first-order valence-corrected chi connectivity index (χ1v) is 6.93. The summed E-state index contributed by atoms with van der Waals surface area (Å²) in [4.78, 5) is 0. The Hall–Kier alpha value is -0.940. The number of hydrogen-bond acceptors (Lipinski definition) is 2. The van der Waals surface area contributed by atoms with E-state index in [1.54, 1.807) is 6.07 Å². The summed E-state index contributed by atoms with van der Waals surface area (Å²) in [6, 6.07) is 12.5. The minimum Gasteiger partial charge on any atom is -0.271 e. The van der Waals surface area contributed by atoms with E-state index < -0.39 is 5.82 Å². The van der Waals surface area contributed by atoms with E-state index in [0.717, 1.165) is 15.6 Å². The van der Waals surface area contributed by atoms with Crippen LogP contribution in [0.15, 0.2) is 46.9 Å². The van der Waals surface area contributed by atoms with Gasteiger partial charge < -0.3 is 0 Å². The minimum atomic E-state index is -0.436. The van der Waals surface area contributed by atoms with Gasteiger partial charge in [-0.1, -0.05) is 45.7 Å². The minimum absolute atomic E-state index is 0.113. The molecule has 0 aliphatic heterocycles. The number of rotatable bonds is 4. The molecule has 1 atom stereocenters. The summed E-state index contributed by atoms with van der Waals surface area (Å²) in [5.41, 5.74) is 4.58. The Bertz CT molecular complexity index is 577. The van der Waals surface area contributed by atoms with Gasteiger partial charge in [0.1, 0.15) is 5.82 Å². The molecule has 0 aromatic heterocycles. The maximum atomic E-state index is 13.5. The fraction of sp³-hybridized carbons (Fsp3) is 0.143. The molecule has 0 spiro atoms. The van der Waals surface area contributed by atoms with E-state index in [9.17, 15) is 4.39 Å². The number of halogens is 3. The predicted octanol–water partition coefficient (Wildman–Crippen LogP) is 3.99. The highest BCUT2D eigenvalue weighted by Crippen LogP contribution is 2.23. The van der Waals surface area contributed by atoms with Gasteiger partial charge in [-0.3, -0.25) is 11.3 Å². The predicted molar refractivity (Wildman–Crippen MR) is 79.3 cm³/mol. The van der Waals surface area contributed by atoms with Gasteiger partial charge in [0.15, 0.2) is 0 Å². The van der Waals surface area contributed by atoms with Crippen molar-refractivity contribution in [3.8, 4) is 0 Å². The zero-order valence-electron chi connectivity index (χ0n) is 10.0. The lowest BCUT2D eigenvalue weighted by molar-refractivity contribution is 0.544. The Morgan fingerprint density at radius 1 is 1.26 bits per heavy atom. The Morgan fingerprint density at radius 2 is 2.05 bits per heavy atom. The second kappa shape index (κ2) is 6.48. The third-order valence-electron chi connectivity index (χ3n) is 2.88. The van der Waals surface area contributed by atoms with E-state index in [2.05, 4.69) is 21.4 Å². The molecule has 0 fully saturated rings. The highest BCUT2D eigenvalue weighted by atomic mass is 79.9. The van der Waals surface area contributed by atoms with Gasteiger partial charge in [0.25, 0.3) is 0 Å². The second-order valence-corrected chi connectivity index (χ2v) is 5.55. The molecule has 0 heterocycles. The van der Waals surface area contributed by atoms with Crippen LogP contribution in [-0.4, -0.2) is 0 Å². The molecule has 0 saturated carbocycles. The summed E-state index contributed by atoms with van der Waals surface area (Å²) in [6.45, 7) is 0. The third kappa shape index (κ3) is 3.76. The molecule has 0 aliphatic rings. The molecule has 0 bridgehead atoms. The molecule has 0 saturated heterocycles. The van der Waals surface area contributed by atoms with Crippen molar-refractivity contribution in [3.63, 3.8) is 0 Å². The molecular formula is C14H13BrClFN2. The quantitative estimate of drug-likeness (QED) is 0.651. The van der Waals surface area contributed by atoms with Crippen molar-refractivity contribution in [1.29, 1.82) is 0 Å². The van der Waals surface area contributed by atoms with Crippen LogP contribution in [-0.2, 0) is 6.42 Å². The number of hydrogen-bond donors (Lipinski definition) is 2. The summed E-state index contributed by atoms with van der Waals surface area (Å²) in [6.07, 6.45) is 0.664. The van der Waals surface area contributed by atoms with Gasteiger partial charge in [0.05, 0.1) is 11.1 Å². The molecule has 1 unspecified atom stereocenters. The van der Waals surface area contributed by atoms with Gasteiger partial charge in [-0.15, -0.1) is 0 Å². The standard InChI is InChI=1S/C14H13BrClFN2/c15-11-3-1-2-9(6-11)7-14(19-18)10-4-5-12(16)13(17)8-10/h1-6,8,14,19H,7,18H2. The van der Waals surface area contributed by atoms with Crippen LogP contribution in [0.25, 0.3) is 0 Å². The summed E-state index contributed by atoms with van der Waals surface area (Å²) < 4.78 is 14.5. The Labute approximate surface area is 124 Å². The van der Waals surface area contributed by atoms with Crippen molar-refractivity contribution >= 4 is 27.5 Å². The first-order chi connectivity index (χ1) is 9.10. The van der Waals surface area contributed by atoms with Crippen LogP contribution in [0.2, 0.25) is 5.02 Å². The van der Waals surface area contributed by atoms with Crippen LogP contribution in [0.3, 0.4) is 0 Å². The van der Waals surface area contributed by atoms with Crippen molar-refractivity contribution in [2.45, 2.75) is 12.5 Å². The number of hydrazine groups is 1. The summed E-state index contributed by atoms with van der Waals surface area (Å²) in [5, 5.41) is 0.113. The molecule has 0 amide bonds. The summed E-state index contributed by atoms with van der Waals surface area (Å²) in [5.74, 6) is 5.13. The summed E-state index contributed by atoms with van der Waals surface area (Å²) >= 11 is 9.10. The highest BCUT2D eigenvalue weighted by molar-refractivity contribution is 9.10. The first kappa shape index (κ1) is 14.5. The first-order valence-electron chi connectivity index (χ1n) is 5.75. The molecule has 0 aliphatic carbocycles. The van der Waals surface area contributed by atoms with E-state index in [0.29, 0.717) is 6.42 Å². The number of nitrogens with one attached hydrogen (secondary N) is 1. The lowest BCUT2D eigenvalue weighted by Gasteiger charge is -2.17. The monoisotopic (exact) mass is 342 g/mol. The molecule has 19 heavy (non-hydrogen) atoms. The SMILES string of the molecule is NNC(Cc1cccc(Br)c1)c1ccc(Cl)c(F)c1. The average Bonchev–Trinajstić information content (AvgIpc) is 2.39. The van der Waals surface area contributed by atoms with Gasteiger partial charge in [-0.05, 0) is 41.8 Å². The second-order valence-electron chi connectivity index (χ2n) is 4.23.